The van der Waals surface area contributed by atoms with Gasteiger partial charge in [0.2, 0.25) is 10.0 Å². The molecule has 0 fully saturated rings. The Kier molecular flexibility index (Phi) is 4.50. The Morgan fingerprint density at radius 2 is 1.94 bits per heavy atom. The molecule has 0 amide bonds. The molecule has 4 nitrogen and oxygen atoms in total. The normalized spacial score (nSPS) is 10.6. The average Bonchev–Trinajstić information content (AvgIpc) is 2.29. The first-order valence-electron chi connectivity index (χ1n) is 4.78. The Bertz CT molecular complexity index is 495. The van der Waals surface area contributed by atoms with Crippen LogP contribution in [0.4, 0.5) is 0 Å². The number of nitrogens with two attached hydrogens (primary N) is 1. The van der Waals surface area contributed by atoms with Gasteiger partial charge in [-0.1, -0.05) is 18.1 Å². The van der Waals surface area contributed by atoms with Crippen LogP contribution < -0.4 is 10.5 Å². The molecule has 5 heteroatoms. The van der Waals surface area contributed by atoms with E-state index in [9.17, 15) is 8.42 Å². The third-order valence-electron chi connectivity index (χ3n) is 2.00. The van der Waals surface area contributed by atoms with Crippen molar-refractivity contribution in [3.63, 3.8) is 0 Å². The lowest BCUT2D eigenvalue weighted by Crippen LogP contribution is -2.23. The van der Waals surface area contributed by atoms with Crippen molar-refractivity contribution in [2.75, 3.05) is 6.54 Å². The highest BCUT2D eigenvalue weighted by molar-refractivity contribution is 7.89. The molecule has 0 aromatic heterocycles. The van der Waals surface area contributed by atoms with Crippen molar-refractivity contribution < 1.29 is 8.42 Å². The second-order valence-corrected chi connectivity index (χ2v) is 4.87. The second-order valence-electron chi connectivity index (χ2n) is 3.10. The van der Waals surface area contributed by atoms with E-state index in [2.05, 4.69) is 16.6 Å². The van der Waals surface area contributed by atoms with Crippen LogP contribution in [-0.4, -0.2) is 15.0 Å². The van der Waals surface area contributed by atoms with Crippen molar-refractivity contribution in [2.24, 2.45) is 5.73 Å². The van der Waals surface area contributed by atoms with Gasteiger partial charge in [-0.25, -0.2) is 8.42 Å². The standard InChI is InChI=1S/C11H14N2O2S/c1-2-3-8-13-16(14,15)11-6-4-10(9-12)5-7-11/h4-7,13H,8-9,12H2,1H3. The highest BCUT2D eigenvalue weighted by atomic mass is 32.2. The summed E-state index contributed by atoms with van der Waals surface area (Å²) in [6, 6.07) is 6.45. The molecule has 0 heterocycles. The quantitative estimate of drug-likeness (QED) is 0.748. The maximum Gasteiger partial charge on any atom is 0.241 e. The molecule has 0 spiro atoms. The number of benzene rings is 1. The van der Waals surface area contributed by atoms with Crippen LogP contribution in [0.1, 0.15) is 12.5 Å². The molecule has 16 heavy (non-hydrogen) atoms. The van der Waals surface area contributed by atoms with Gasteiger partial charge < -0.3 is 5.73 Å². The van der Waals surface area contributed by atoms with Crippen molar-refractivity contribution in [2.45, 2.75) is 18.4 Å². The molecule has 0 saturated carbocycles. The molecule has 0 aliphatic heterocycles. The summed E-state index contributed by atoms with van der Waals surface area (Å²) in [4.78, 5) is 0.225. The van der Waals surface area contributed by atoms with Gasteiger partial charge in [0.25, 0.3) is 0 Å². The zero-order valence-electron chi connectivity index (χ0n) is 9.03. The van der Waals surface area contributed by atoms with E-state index in [0.717, 1.165) is 5.56 Å². The Balaban J connectivity index is 2.84. The van der Waals surface area contributed by atoms with Crippen LogP contribution in [0.15, 0.2) is 29.2 Å². The first-order valence-corrected chi connectivity index (χ1v) is 6.27. The summed E-state index contributed by atoms with van der Waals surface area (Å²) in [7, 11) is -3.45. The topological polar surface area (TPSA) is 72.2 Å². The summed E-state index contributed by atoms with van der Waals surface area (Å²) < 4.78 is 25.8. The molecule has 1 aromatic rings. The smallest absolute Gasteiger partial charge is 0.241 e. The van der Waals surface area contributed by atoms with E-state index < -0.39 is 10.0 Å². The predicted molar refractivity (Wildman–Crippen MR) is 63.0 cm³/mol. The average molecular weight is 238 g/mol. The zero-order chi connectivity index (χ0) is 12.0. The fraction of sp³-hybridized carbons (Fsp3) is 0.273. The fourth-order valence-electron chi connectivity index (χ4n) is 1.11. The molecular formula is C11H14N2O2S. The molecule has 0 unspecified atom stereocenters. The summed E-state index contributed by atoms with van der Waals surface area (Å²) in [5.74, 6) is 5.25. The predicted octanol–water partition coefficient (Wildman–Crippen LogP) is 0.447. The minimum atomic E-state index is -3.45. The van der Waals surface area contributed by atoms with Crippen molar-refractivity contribution in [1.82, 2.24) is 4.72 Å². The monoisotopic (exact) mass is 238 g/mol. The molecule has 0 atom stereocenters. The van der Waals surface area contributed by atoms with Crippen LogP contribution >= 0.6 is 0 Å². The first-order chi connectivity index (χ1) is 7.60. The van der Waals surface area contributed by atoms with Gasteiger partial charge >= 0.3 is 0 Å². The molecule has 0 saturated heterocycles. The van der Waals surface area contributed by atoms with Gasteiger partial charge in [-0.3, -0.25) is 0 Å². The van der Waals surface area contributed by atoms with Crippen molar-refractivity contribution in [3.8, 4) is 11.8 Å². The van der Waals surface area contributed by atoms with Crippen molar-refractivity contribution in [3.05, 3.63) is 29.8 Å². The van der Waals surface area contributed by atoms with Crippen LogP contribution in [0, 0.1) is 11.8 Å². The molecular weight excluding hydrogens is 224 g/mol. The molecule has 3 N–H and O–H groups in total. The van der Waals surface area contributed by atoms with Crippen LogP contribution in [0.25, 0.3) is 0 Å². The van der Waals surface area contributed by atoms with Gasteiger partial charge in [0.15, 0.2) is 0 Å². The lowest BCUT2D eigenvalue weighted by atomic mass is 10.2. The van der Waals surface area contributed by atoms with Crippen molar-refractivity contribution in [1.29, 1.82) is 0 Å². The van der Waals surface area contributed by atoms with E-state index in [-0.39, 0.29) is 11.4 Å². The Labute approximate surface area is 95.9 Å². The lowest BCUT2D eigenvalue weighted by Gasteiger charge is -2.04. The van der Waals surface area contributed by atoms with Crippen LogP contribution in [-0.2, 0) is 16.6 Å². The Morgan fingerprint density at radius 3 is 2.44 bits per heavy atom. The zero-order valence-corrected chi connectivity index (χ0v) is 9.84. The number of hydrogen-bond donors (Lipinski definition) is 2. The van der Waals surface area contributed by atoms with E-state index in [1.165, 1.54) is 12.1 Å². The number of hydrogen-bond acceptors (Lipinski definition) is 3. The van der Waals surface area contributed by atoms with Crippen LogP contribution in [0.3, 0.4) is 0 Å². The maximum atomic E-state index is 11.7. The molecule has 1 aromatic carbocycles. The molecule has 0 bridgehead atoms. The summed E-state index contributed by atoms with van der Waals surface area (Å²) in [5.41, 5.74) is 6.32. The van der Waals surface area contributed by atoms with Crippen molar-refractivity contribution >= 4 is 10.0 Å². The number of sulfonamides is 1. The summed E-state index contributed by atoms with van der Waals surface area (Å²) in [6.07, 6.45) is 0. The van der Waals surface area contributed by atoms with Gasteiger partial charge in [0.05, 0.1) is 11.4 Å². The van der Waals surface area contributed by atoms with Crippen LogP contribution in [0.5, 0.6) is 0 Å². The van der Waals surface area contributed by atoms with Gasteiger partial charge in [0.1, 0.15) is 0 Å². The number of rotatable bonds is 4. The third-order valence-corrected chi connectivity index (χ3v) is 3.41. The number of nitrogens with one attached hydrogen (secondary N) is 1. The van der Waals surface area contributed by atoms with Crippen LogP contribution in [0.2, 0.25) is 0 Å². The lowest BCUT2D eigenvalue weighted by molar-refractivity contribution is 0.586. The van der Waals surface area contributed by atoms with Gasteiger partial charge in [0, 0.05) is 6.54 Å². The van der Waals surface area contributed by atoms with Gasteiger partial charge in [-0.15, -0.1) is 5.92 Å². The third kappa shape index (κ3) is 3.35. The first kappa shape index (κ1) is 12.7. The molecule has 0 aliphatic carbocycles. The van der Waals surface area contributed by atoms with Gasteiger partial charge in [-0.2, -0.15) is 4.72 Å². The highest BCUT2D eigenvalue weighted by Crippen LogP contribution is 2.09. The van der Waals surface area contributed by atoms with E-state index >= 15 is 0 Å². The van der Waals surface area contributed by atoms with Gasteiger partial charge in [-0.05, 0) is 24.6 Å². The molecule has 86 valence electrons. The molecule has 0 radical (unpaired) electrons. The molecule has 0 aliphatic rings. The summed E-state index contributed by atoms with van der Waals surface area (Å²) >= 11 is 0. The van der Waals surface area contributed by atoms with E-state index in [4.69, 9.17) is 5.73 Å². The minimum Gasteiger partial charge on any atom is -0.326 e. The Morgan fingerprint density at radius 1 is 1.31 bits per heavy atom. The largest absolute Gasteiger partial charge is 0.326 e. The summed E-state index contributed by atoms with van der Waals surface area (Å²) in [6.45, 7) is 2.18. The fourth-order valence-corrected chi connectivity index (χ4v) is 2.03. The highest BCUT2D eigenvalue weighted by Gasteiger charge is 2.11. The van der Waals surface area contributed by atoms with E-state index in [1.54, 1.807) is 19.1 Å². The molecule has 1 rings (SSSR count). The minimum absolute atomic E-state index is 0.122. The SMILES string of the molecule is CC#CCNS(=O)(=O)c1ccc(CN)cc1. The second kappa shape index (κ2) is 5.66. The van der Waals surface area contributed by atoms with E-state index in [1.807, 2.05) is 0 Å². The Hall–Kier alpha value is -1.35. The van der Waals surface area contributed by atoms with E-state index in [0.29, 0.717) is 6.54 Å². The summed E-state index contributed by atoms with van der Waals surface area (Å²) in [5, 5.41) is 0. The maximum absolute atomic E-state index is 11.7.